The molecule has 0 saturated heterocycles. The first-order valence-electron chi connectivity index (χ1n) is 3.78. The summed E-state index contributed by atoms with van der Waals surface area (Å²) in [6, 6.07) is 4.31. The zero-order valence-corrected chi connectivity index (χ0v) is 8.40. The number of fused-ring (bicyclic) bond motifs is 1. The van der Waals surface area contributed by atoms with E-state index in [1.54, 1.807) is 12.1 Å². The molecule has 2 rings (SSSR count). The van der Waals surface area contributed by atoms with Crippen LogP contribution in [0.5, 0.6) is 0 Å². The van der Waals surface area contributed by atoms with Crippen LogP contribution in [0.25, 0.3) is 10.9 Å². The molecule has 0 bridgehead atoms. The molecule has 0 spiro atoms. The van der Waals surface area contributed by atoms with Crippen LogP contribution in [0.4, 0.5) is 10.1 Å². The maximum atomic E-state index is 13.3. The van der Waals surface area contributed by atoms with Gasteiger partial charge in [-0.1, -0.05) is 23.2 Å². The number of nitrogens with two attached hydrogens (primary N) is 1. The molecule has 0 amide bonds. The van der Waals surface area contributed by atoms with Crippen LogP contribution in [0.1, 0.15) is 0 Å². The summed E-state index contributed by atoms with van der Waals surface area (Å²) in [4.78, 5) is 3.82. The van der Waals surface area contributed by atoms with E-state index >= 15 is 0 Å². The number of halogens is 3. The van der Waals surface area contributed by atoms with Crippen LogP contribution in [0.3, 0.4) is 0 Å². The van der Waals surface area contributed by atoms with Crippen LogP contribution in [0, 0.1) is 5.82 Å². The minimum Gasteiger partial charge on any atom is -0.396 e. The standard InChI is InChI=1S/C9H5Cl2FN2/c10-5-1-4-2-7(13)9(11)14-8(4)6(12)3-5/h1-3H,13H2. The lowest BCUT2D eigenvalue weighted by Crippen LogP contribution is -1.92. The highest BCUT2D eigenvalue weighted by Crippen LogP contribution is 2.26. The number of pyridine rings is 1. The second kappa shape index (κ2) is 3.26. The molecule has 0 atom stereocenters. The molecule has 0 aliphatic heterocycles. The van der Waals surface area contributed by atoms with E-state index in [0.717, 1.165) is 0 Å². The van der Waals surface area contributed by atoms with Crippen molar-refractivity contribution in [2.75, 3.05) is 5.73 Å². The van der Waals surface area contributed by atoms with E-state index < -0.39 is 5.82 Å². The largest absolute Gasteiger partial charge is 0.396 e. The Balaban J connectivity index is 2.89. The lowest BCUT2D eigenvalue weighted by molar-refractivity contribution is 0.637. The second-order valence-electron chi connectivity index (χ2n) is 2.83. The third-order valence-electron chi connectivity index (χ3n) is 1.82. The Labute approximate surface area is 89.4 Å². The average Bonchev–Trinajstić information content (AvgIpc) is 2.08. The van der Waals surface area contributed by atoms with Gasteiger partial charge in [-0.25, -0.2) is 9.37 Å². The molecule has 14 heavy (non-hydrogen) atoms. The predicted molar refractivity (Wildman–Crippen MR) is 56.1 cm³/mol. The van der Waals surface area contributed by atoms with Crippen molar-refractivity contribution in [1.82, 2.24) is 4.98 Å². The summed E-state index contributed by atoms with van der Waals surface area (Å²) < 4.78 is 13.3. The molecule has 5 heteroatoms. The van der Waals surface area contributed by atoms with Gasteiger partial charge in [0.2, 0.25) is 0 Å². The third kappa shape index (κ3) is 1.49. The summed E-state index contributed by atoms with van der Waals surface area (Å²) in [6.07, 6.45) is 0. The maximum Gasteiger partial charge on any atom is 0.152 e. The van der Waals surface area contributed by atoms with Gasteiger partial charge in [-0.3, -0.25) is 0 Å². The molecule has 0 fully saturated rings. The van der Waals surface area contributed by atoms with E-state index in [2.05, 4.69) is 4.98 Å². The summed E-state index contributed by atoms with van der Waals surface area (Å²) in [5.74, 6) is -0.505. The van der Waals surface area contributed by atoms with Gasteiger partial charge in [-0.05, 0) is 18.2 Å². The molecule has 0 saturated carbocycles. The zero-order chi connectivity index (χ0) is 10.3. The Kier molecular flexibility index (Phi) is 2.21. The van der Waals surface area contributed by atoms with Gasteiger partial charge in [-0.2, -0.15) is 0 Å². The van der Waals surface area contributed by atoms with Crippen LogP contribution in [0.15, 0.2) is 18.2 Å². The highest BCUT2D eigenvalue weighted by atomic mass is 35.5. The fourth-order valence-electron chi connectivity index (χ4n) is 1.20. The molecule has 1 aromatic carbocycles. The van der Waals surface area contributed by atoms with Gasteiger partial charge in [-0.15, -0.1) is 0 Å². The quantitative estimate of drug-likeness (QED) is 0.706. The van der Waals surface area contributed by atoms with Crippen molar-refractivity contribution in [3.63, 3.8) is 0 Å². The van der Waals surface area contributed by atoms with Crippen LogP contribution in [-0.2, 0) is 0 Å². The Bertz CT molecular complexity index is 514. The van der Waals surface area contributed by atoms with Gasteiger partial charge in [0.1, 0.15) is 5.52 Å². The van der Waals surface area contributed by atoms with Gasteiger partial charge in [0, 0.05) is 10.4 Å². The van der Waals surface area contributed by atoms with E-state index in [-0.39, 0.29) is 10.7 Å². The Morgan fingerprint density at radius 2 is 1.93 bits per heavy atom. The first-order valence-corrected chi connectivity index (χ1v) is 4.54. The summed E-state index contributed by atoms with van der Waals surface area (Å²) in [6.45, 7) is 0. The number of aromatic nitrogens is 1. The number of anilines is 1. The monoisotopic (exact) mass is 230 g/mol. The summed E-state index contributed by atoms with van der Waals surface area (Å²) in [5, 5.41) is 0.939. The number of benzene rings is 1. The molecule has 72 valence electrons. The van der Waals surface area contributed by atoms with Gasteiger partial charge in [0.25, 0.3) is 0 Å². The van der Waals surface area contributed by atoms with Crippen molar-refractivity contribution < 1.29 is 4.39 Å². The highest BCUT2D eigenvalue weighted by Gasteiger charge is 2.07. The smallest absolute Gasteiger partial charge is 0.152 e. The number of hydrogen-bond donors (Lipinski definition) is 1. The topological polar surface area (TPSA) is 38.9 Å². The number of hydrogen-bond acceptors (Lipinski definition) is 2. The average molecular weight is 231 g/mol. The molecule has 0 aliphatic carbocycles. The predicted octanol–water partition coefficient (Wildman–Crippen LogP) is 3.26. The zero-order valence-electron chi connectivity index (χ0n) is 6.89. The second-order valence-corrected chi connectivity index (χ2v) is 3.62. The molecule has 0 aliphatic rings. The molecule has 2 aromatic rings. The van der Waals surface area contributed by atoms with Crippen molar-refractivity contribution >= 4 is 39.8 Å². The highest BCUT2D eigenvalue weighted by molar-refractivity contribution is 6.33. The fourth-order valence-corrected chi connectivity index (χ4v) is 1.56. The van der Waals surface area contributed by atoms with E-state index in [9.17, 15) is 4.39 Å². The SMILES string of the molecule is Nc1cc2cc(Cl)cc(F)c2nc1Cl. The van der Waals surface area contributed by atoms with Crippen molar-refractivity contribution in [3.05, 3.63) is 34.2 Å². The van der Waals surface area contributed by atoms with Crippen molar-refractivity contribution in [1.29, 1.82) is 0 Å². The van der Waals surface area contributed by atoms with E-state index in [1.165, 1.54) is 6.07 Å². The number of nitrogens with zero attached hydrogens (tertiary/aromatic N) is 1. The molecule has 1 heterocycles. The Morgan fingerprint density at radius 1 is 1.21 bits per heavy atom. The van der Waals surface area contributed by atoms with E-state index in [4.69, 9.17) is 28.9 Å². The molecule has 1 aromatic heterocycles. The fraction of sp³-hybridized carbons (Fsp3) is 0. The molecular weight excluding hydrogens is 226 g/mol. The van der Waals surface area contributed by atoms with Gasteiger partial charge in [0.05, 0.1) is 5.69 Å². The van der Waals surface area contributed by atoms with E-state index in [1.807, 2.05) is 0 Å². The van der Waals surface area contributed by atoms with Crippen LogP contribution in [0.2, 0.25) is 10.2 Å². The molecule has 2 nitrogen and oxygen atoms in total. The maximum absolute atomic E-state index is 13.3. The Hall–Kier alpha value is -1.06. The minimum atomic E-state index is -0.505. The summed E-state index contributed by atoms with van der Waals surface area (Å²) in [5.41, 5.74) is 6.01. The number of nitrogen functional groups attached to an aromatic ring is 1. The minimum absolute atomic E-state index is 0.0960. The van der Waals surface area contributed by atoms with Crippen molar-refractivity contribution in [2.24, 2.45) is 0 Å². The van der Waals surface area contributed by atoms with E-state index in [0.29, 0.717) is 16.1 Å². The van der Waals surface area contributed by atoms with Gasteiger partial charge >= 0.3 is 0 Å². The molecular formula is C9H5Cl2FN2. The van der Waals surface area contributed by atoms with Crippen molar-refractivity contribution in [2.45, 2.75) is 0 Å². The van der Waals surface area contributed by atoms with Crippen LogP contribution in [-0.4, -0.2) is 4.98 Å². The molecule has 0 radical (unpaired) electrons. The molecule has 0 unspecified atom stereocenters. The first-order chi connectivity index (χ1) is 6.58. The normalized spacial score (nSPS) is 10.8. The Morgan fingerprint density at radius 3 is 2.64 bits per heavy atom. The lowest BCUT2D eigenvalue weighted by Gasteiger charge is -2.02. The summed E-state index contributed by atoms with van der Waals surface area (Å²) >= 11 is 11.3. The van der Waals surface area contributed by atoms with Crippen molar-refractivity contribution in [3.8, 4) is 0 Å². The summed E-state index contributed by atoms with van der Waals surface area (Å²) in [7, 11) is 0. The van der Waals surface area contributed by atoms with Gasteiger partial charge in [0.15, 0.2) is 11.0 Å². The third-order valence-corrected chi connectivity index (χ3v) is 2.34. The van der Waals surface area contributed by atoms with Crippen LogP contribution < -0.4 is 5.73 Å². The lowest BCUT2D eigenvalue weighted by atomic mass is 10.2. The molecule has 2 N–H and O–H groups in total. The number of rotatable bonds is 0. The van der Waals surface area contributed by atoms with Gasteiger partial charge < -0.3 is 5.73 Å². The van der Waals surface area contributed by atoms with Crippen LogP contribution >= 0.6 is 23.2 Å². The first kappa shape index (κ1) is 9.49.